The molecule has 19 heavy (non-hydrogen) atoms. The summed E-state index contributed by atoms with van der Waals surface area (Å²) in [6.45, 7) is 3.99. The Labute approximate surface area is 113 Å². The van der Waals surface area contributed by atoms with Gasteiger partial charge < -0.3 is 9.88 Å². The summed E-state index contributed by atoms with van der Waals surface area (Å²) in [5, 5.41) is 0. The minimum atomic E-state index is 0.0135. The summed E-state index contributed by atoms with van der Waals surface area (Å²) in [5.41, 5.74) is 3.18. The molecule has 1 unspecified atom stereocenters. The van der Waals surface area contributed by atoms with E-state index in [1.807, 2.05) is 16.7 Å². The minimum Gasteiger partial charge on any atom is -0.306 e. The quantitative estimate of drug-likeness (QED) is 0.897. The molecule has 1 atom stereocenters. The van der Waals surface area contributed by atoms with E-state index in [0.717, 1.165) is 24.1 Å². The Morgan fingerprint density at radius 1 is 1.37 bits per heavy atom. The lowest BCUT2D eigenvalue weighted by Gasteiger charge is -2.32. The monoisotopic (exact) mass is 259 g/mol. The van der Waals surface area contributed by atoms with Crippen LogP contribution in [0.1, 0.15) is 24.8 Å². The van der Waals surface area contributed by atoms with Gasteiger partial charge >= 0.3 is 5.69 Å². The molecule has 1 aromatic carbocycles. The van der Waals surface area contributed by atoms with E-state index >= 15 is 0 Å². The Hall–Kier alpha value is -1.55. The summed E-state index contributed by atoms with van der Waals surface area (Å²) < 4.78 is 1.90. The molecular formula is C15H21N3O. The maximum absolute atomic E-state index is 12.1. The fraction of sp³-hybridized carbons (Fsp3) is 0.533. The van der Waals surface area contributed by atoms with Crippen molar-refractivity contribution < 1.29 is 0 Å². The van der Waals surface area contributed by atoms with Crippen molar-refractivity contribution in [2.45, 2.75) is 38.8 Å². The highest BCUT2D eigenvalue weighted by atomic mass is 16.1. The van der Waals surface area contributed by atoms with Crippen molar-refractivity contribution >= 4 is 11.0 Å². The third-order valence-electron chi connectivity index (χ3n) is 4.25. The lowest BCUT2D eigenvalue weighted by atomic mass is 10.0. The zero-order valence-electron chi connectivity index (χ0n) is 11.6. The van der Waals surface area contributed by atoms with Gasteiger partial charge in [-0.05, 0) is 51.1 Å². The van der Waals surface area contributed by atoms with E-state index in [0.29, 0.717) is 6.04 Å². The van der Waals surface area contributed by atoms with Gasteiger partial charge in [-0.3, -0.25) is 4.57 Å². The zero-order chi connectivity index (χ0) is 13.4. The molecule has 1 N–H and O–H groups in total. The summed E-state index contributed by atoms with van der Waals surface area (Å²) in [6, 6.07) is 6.60. The summed E-state index contributed by atoms with van der Waals surface area (Å²) >= 11 is 0. The van der Waals surface area contributed by atoms with Gasteiger partial charge in [0.15, 0.2) is 0 Å². The number of imidazole rings is 1. The first-order chi connectivity index (χ1) is 9.15. The predicted molar refractivity (Wildman–Crippen MR) is 77.6 cm³/mol. The van der Waals surface area contributed by atoms with Crippen molar-refractivity contribution in [3.05, 3.63) is 34.2 Å². The summed E-state index contributed by atoms with van der Waals surface area (Å²) in [6.07, 6.45) is 3.72. The van der Waals surface area contributed by atoms with Crippen LogP contribution in [0.5, 0.6) is 0 Å². The number of nitrogens with one attached hydrogen (secondary N) is 1. The standard InChI is InChI=1S/C15H21N3O/c1-11-6-7-13-14(9-11)18(15(19)16-13)10-12-5-3-4-8-17(12)2/h6-7,9,12H,3-5,8,10H2,1-2H3,(H,16,19). The average molecular weight is 259 g/mol. The van der Waals surface area contributed by atoms with Crippen LogP contribution in [0.25, 0.3) is 11.0 Å². The van der Waals surface area contributed by atoms with Crippen LogP contribution in [-0.2, 0) is 6.54 Å². The Balaban J connectivity index is 1.97. The molecule has 0 amide bonds. The number of H-pyrrole nitrogens is 1. The Morgan fingerprint density at radius 3 is 3.00 bits per heavy atom. The summed E-state index contributed by atoms with van der Waals surface area (Å²) in [4.78, 5) is 17.4. The number of aryl methyl sites for hydroxylation is 1. The van der Waals surface area contributed by atoms with Crippen molar-refractivity contribution in [1.29, 1.82) is 0 Å². The van der Waals surface area contributed by atoms with Gasteiger partial charge in [0.2, 0.25) is 0 Å². The van der Waals surface area contributed by atoms with Crippen LogP contribution in [0.3, 0.4) is 0 Å². The third kappa shape index (κ3) is 2.32. The van der Waals surface area contributed by atoms with Crippen LogP contribution < -0.4 is 5.69 Å². The maximum atomic E-state index is 12.1. The average Bonchev–Trinajstić information content (AvgIpc) is 2.69. The van der Waals surface area contributed by atoms with Gasteiger partial charge in [-0.15, -0.1) is 0 Å². The molecular weight excluding hydrogens is 238 g/mol. The van der Waals surface area contributed by atoms with Crippen LogP contribution >= 0.6 is 0 Å². The molecule has 2 aromatic rings. The number of aromatic nitrogens is 2. The second-order valence-corrected chi connectivity index (χ2v) is 5.69. The molecule has 1 fully saturated rings. The molecule has 4 nitrogen and oxygen atoms in total. The number of nitrogens with zero attached hydrogens (tertiary/aromatic N) is 2. The molecule has 0 aliphatic carbocycles. The first kappa shape index (κ1) is 12.5. The number of likely N-dealkylation sites (tertiary alicyclic amines) is 1. The van der Waals surface area contributed by atoms with Gasteiger partial charge in [0.1, 0.15) is 0 Å². The van der Waals surface area contributed by atoms with Crippen molar-refractivity contribution in [2.75, 3.05) is 13.6 Å². The Bertz CT molecular complexity index is 640. The molecule has 0 saturated carbocycles. The molecule has 102 valence electrons. The van der Waals surface area contributed by atoms with E-state index in [4.69, 9.17) is 0 Å². The number of rotatable bonds is 2. The van der Waals surface area contributed by atoms with E-state index in [9.17, 15) is 4.79 Å². The molecule has 3 rings (SSSR count). The molecule has 1 aliphatic heterocycles. The molecule has 1 aromatic heterocycles. The molecule has 4 heteroatoms. The number of benzene rings is 1. The summed E-state index contributed by atoms with van der Waals surface area (Å²) in [5.74, 6) is 0. The Kier molecular flexibility index (Phi) is 3.19. The van der Waals surface area contributed by atoms with E-state index in [1.165, 1.54) is 24.8 Å². The van der Waals surface area contributed by atoms with E-state index < -0.39 is 0 Å². The Morgan fingerprint density at radius 2 is 2.21 bits per heavy atom. The maximum Gasteiger partial charge on any atom is 0.326 e. The molecule has 0 radical (unpaired) electrons. The smallest absolute Gasteiger partial charge is 0.306 e. The largest absolute Gasteiger partial charge is 0.326 e. The highest BCUT2D eigenvalue weighted by Gasteiger charge is 2.20. The predicted octanol–water partition coefficient (Wildman–Crippen LogP) is 2.12. The van der Waals surface area contributed by atoms with Crippen LogP contribution in [0, 0.1) is 6.92 Å². The summed E-state index contributed by atoms with van der Waals surface area (Å²) in [7, 11) is 2.16. The highest BCUT2D eigenvalue weighted by molar-refractivity contribution is 5.75. The second-order valence-electron chi connectivity index (χ2n) is 5.69. The van der Waals surface area contributed by atoms with Gasteiger partial charge in [-0.25, -0.2) is 4.79 Å². The van der Waals surface area contributed by atoms with Gasteiger partial charge in [0, 0.05) is 12.6 Å². The lowest BCUT2D eigenvalue weighted by Crippen LogP contribution is -2.40. The van der Waals surface area contributed by atoms with Gasteiger partial charge in [0.05, 0.1) is 11.0 Å². The fourth-order valence-corrected chi connectivity index (χ4v) is 3.03. The lowest BCUT2D eigenvalue weighted by molar-refractivity contribution is 0.167. The number of hydrogen-bond donors (Lipinski definition) is 1. The number of piperidine rings is 1. The minimum absolute atomic E-state index is 0.0135. The van der Waals surface area contributed by atoms with Crippen molar-refractivity contribution in [2.24, 2.45) is 0 Å². The van der Waals surface area contributed by atoms with E-state index in [2.05, 4.69) is 29.9 Å². The number of likely N-dealkylation sites (N-methyl/N-ethyl adjacent to an activating group) is 1. The topological polar surface area (TPSA) is 41.0 Å². The highest BCUT2D eigenvalue weighted by Crippen LogP contribution is 2.19. The van der Waals surface area contributed by atoms with E-state index in [1.54, 1.807) is 0 Å². The molecule has 1 saturated heterocycles. The third-order valence-corrected chi connectivity index (χ3v) is 4.25. The van der Waals surface area contributed by atoms with Gasteiger partial charge in [-0.1, -0.05) is 12.5 Å². The molecule has 0 spiro atoms. The zero-order valence-corrected chi connectivity index (χ0v) is 11.6. The fourth-order valence-electron chi connectivity index (χ4n) is 3.03. The molecule has 2 heterocycles. The molecule has 0 bridgehead atoms. The van der Waals surface area contributed by atoms with Crippen LogP contribution in [0.4, 0.5) is 0 Å². The van der Waals surface area contributed by atoms with Crippen LogP contribution in [0.2, 0.25) is 0 Å². The van der Waals surface area contributed by atoms with Crippen molar-refractivity contribution in [3.63, 3.8) is 0 Å². The first-order valence-electron chi connectivity index (χ1n) is 7.04. The van der Waals surface area contributed by atoms with Crippen LogP contribution in [-0.4, -0.2) is 34.1 Å². The SMILES string of the molecule is Cc1ccc2[nH]c(=O)n(CC3CCCCN3C)c2c1. The molecule has 1 aliphatic rings. The van der Waals surface area contributed by atoms with E-state index in [-0.39, 0.29) is 5.69 Å². The number of aromatic amines is 1. The number of hydrogen-bond acceptors (Lipinski definition) is 2. The number of fused-ring (bicyclic) bond motifs is 1. The van der Waals surface area contributed by atoms with Crippen molar-refractivity contribution in [1.82, 2.24) is 14.5 Å². The first-order valence-corrected chi connectivity index (χ1v) is 7.04. The van der Waals surface area contributed by atoms with Gasteiger partial charge in [0.25, 0.3) is 0 Å². The van der Waals surface area contributed by atoms with Gasteiger partial charge in [-0.2, -0.15) is 0 Å². The van der Waals surface area contributed by atoms with Crippen LogP contribution in [0.15, 0.2) is 23.0 Å². The van der Waals surface area contributed by atoms with Crippen molar-refractivity contribution in [3.8, 4) is 0 Å². The second kappa shape index (κ2) is 4.85. The normalized spacial score (nSPS) is 21.1.